The number of amides is 1. The molecule has 5 nitrogen and oxygen atoms in total. The largest absolute Gasteiger partial charge is 0.480 e. The number of nitrogens with zero attached hydrogens (tertiary/aromatic N) is 1. The molecule has 1 saturated carbocycles. The smallest absolute Gasteiger partial charge is 0.328 e. The summed E-state index contributed by atoms with van der Waals surface area (Å²) in [5, 5.41) is 9.61. The highest BCUT2D eigenvalue weighted by molar-refractivity contribution is 5.97. The number of carboxylic acid groups (broad SMARTS) is 1. The van der Waals surface area contributed by atoms with Crippen molar-refractivity contribution in [1.82, 2.24) is 4.90 Å². The Labute approximate surface area is 158 Å². The van der Waals surface area contributed by atoms with Crippen LogP contribution in [0.15, 0.2) is 54.6 Å². The summed E-state index contributed by atoms with van der Waals surface area (Å²) in [5.41, 5.74) is 1.83. The van der Waals surface area contributed by atoms with Crippen LogP contribution in [0.1, 0.15) is 42.5 Å². The van der Waals surface area contributed by atoms with E-state index in [1.54, 1.807) is 12.1 Å². The minimum Gasteiger partial charge on any atom is -0.480 e. The van der Waals surface area contributed by atoms with E-state index in [2.05, 4.69) is 0 Å². The summed E-state index contributed by atoms with van der Waals surface area (Å²) in [6.45, 7) is 0.0587. The van der Waals surface area contributed by atoms with Crippen molar-refractivity contribution in [1.29, 1.82) is 0 Å². The molecular weight excluding hydrogens is 342 g/mol. The summed E-state index contributed by atoms with van der Waals surface area (Å²) in [6, 6.07) is 16.4. The fourth-order valence-electron chi connectivity index (χ4n) is 4.23. The number of hydrogen-bond acceptors (Lipinski definition) is 3. The second-order valence-electron chi connectivity index (χ2n) is 7.29. The van der Waals surface area contributed by atoms with Gasteiger partial charge in [0.25, 0.3) is 5.91 Å². The van der Waals surface area contributed by atoms with Gasteiger partial charge in [-0.1, -0.05) is 48.9 Å². The molecule has 1 amide bonds. The van der Waals surface area contributed by atoms with Gasteiger partial charge in [-0.2, -0.15) is 0 Å². The molecule has 1 spiro atoms. The average molecular weight is 365 g/mol. The number of rotatable bonds is 3. The van der Waals surface area contributed by atoms with Crippen molar-refractivity contribution in [2.45, 2.75) is 43.9 Å². The van der Waals surface area contributed by atoms with Crippen LogP contribution in [0.4, 0.5) is 0 Å². The summed E-state index contributed by atoms with van der Waals surface area (Å²) in [6.07, 6.45) is 4.39. The molecule has 1 N–H and O–H groups in total. The molecule has 2 aromatic carbocycles. The zero-order chi connectivity index (χ0) is 18.9. The van der Waals surface area contributed by atoms with Crippen LogP contribution < -0.4 is 0 Å². The molecule has 27 heavy (non-hydrogen) atoms. The predicted octanol–water partition coefficient (Wildman–Crippen LogP) is 3.94. The van der Waals surface area contributed by atoms with E-state index in [1.807, 2.05) is 42.5 Å². The maximum Gasteiger partial charge on any atom is 0.328 e. The number of carboxylic acids is 1. The van der Waals surface area contributed by atoms with Crippen LogP contribution in [0.5, 0.6) is 0 Å². The number of ether oxygens (including phenoxy) is 1. The fourth-order valence-corrected chi connectivity index (χ4v) is 4.23. The van der Waals surface area contributed by atoms with E-state index in [1.165, 1.54) is 4.90 Å². The maximum absolute atomic E-state index is 13.3. The van der Waals surface area contributed by atoms with Gasteiger partial charge in [0.15, 0.2) is 6.04 Å². The van der Waals surface area contributed by atoms with Crippen molar-refractivity contribution in [3.05, 3.63) is 60.2 Å². The highest BCUT2D eigenvalue weighted by Crippen LogP contribution is 2.41. The van der Waals surface area contributed by atoms with Gasteiger partial charge in [0.05, 0.1) is 6.61 Å². The maximum atomic E-state index is 13.3. The molecular formula is C22H23NO4. The van der Waals surface area contributed by atoms with Gasteiger partial charge in [0, 0.05) is 5.56 Å². The Morgan fingerprint density at radius 2 is 1.56 bits per heavy atom. The standard InChI is InChI=1S/C22H23NO4/c24-20(18-11-9-17(10-12-18)16-7-3-1-4-8-16)23-19(21(25)26)15-27-22(23)13-5-2-6-14-22/h1,3-4,7-12,19H,2,5-6,13-15H2,(H,25,26)/t19-/m0/s1. The minimum atomic E-state index is -1.01. The molecule has 0 aromatic heterocycles. The number of benzene rings is 2. The van der Waals surface area contributed by atoms with E-state index in [0.29, 0.717) is 18.4 Å². The van der Waals surface area contributed by atoms with Crippen LogP contribution >= 0.6 is 0 Å². The number of carbonyl (C=O) groups is 2. The summed E-state index contributed by atoms with van der Waals surface area (Å²) in [4.78, 5) is 26.5. The molecule has 140 valence electrons. The van der Waals surface area contributed by atoms with Crippen LogP contribution in [-0.4, -0.2) is 40.3 Å². The van der Waals surface area contributed by atoms with Gasteiger partial charge in [-0.25, -0.2) is 4.79 Å². The van der Waals surface area contributed by atoms with Crippen LogP contribution in [0.25, 0.3) is 11.1 Å². The first-order chi connectivity index (χ1) is 13.1. The molecule has 0 radical (unpaired) electrons. The Morgan fingerprint density at radius 1 is 0.926 bits per heavy atom. The van der Waals surface area contributed by atoms with Gasteiger partial charge < -0.3 is 9.84 Å². The van der Waals surface area contributed by atoms with Gasteiger partial charge >= 0.3 is 5.97 Å². The summed E-state index contributed by atoms with van der Waals surface area (Å²) in [5.74, 6) is -1.27. The van der Waals surface area contributed by atoms with E-state index in [0.717, 1.165) is 30.4 Å². The molecule has 4 rings (SSSR count). The Morgan fingerprint density at radius 3 is 2.19 bits per heavy atom. The van der Waals surface area contributed by atoms with E-state index < -0.39 is 17.7 Å². The molecule has 2 fully saturated rings. The fraction of sp³-hybridized carbons (Fsp3) is 0.364. The third kappa shape index (κ3) is 3.23. The SMILES string of the molecule is O=C(O)[C@@H]1COC2(CCCCC2)N1C(=O)c1ccc(-c2ccccc2)cc1. The lowest BCUT2D eigenvalue weighted by Crippen LogP contribution is -2.54. The second kappa shape index (κ2) is 7.16. The molecule has 1 heterocycles. The first-order valence-electron chi connectivity index (χ1n) is 9.47. The van der Waals surface area contributed by atoms with Crippen LogP contribution in [0.3, 0.4) is 0 Å². The van der Waals surface area contributed by atoms with E-state index in [4.69, 9.17) is 4.74 Å². The molecule has 1 saturated heterocycles. The Bertz CT molecular complexity index is 825. The van der Waals surface area contributed by atoms with Gasteiger partial charge in [-0.15, -0.1) is 0 Å². The van der Waals surface area contributed by atoms with Crippen molar-refractivity contribution in [2.75, 3.05) is 6.61 Å². The highest BCUT2D eigenvalue weighted by Gasteiger charge is 2.53. The first kappa shape index (κ1) is 17.7. The molecule has 0 bridgehead atoms. The van der Waals surface area contributed by atoms with Crippen molar-refractivity contribution in [2.24, 2.45) is 0 Å². The van der Waals surface area contributed by atoms with Crippen molar-refractivity contribution in [3.8, 4) is 11.1 Å². The van der Waals surface area contributed by atoms with Crippen LogP contribution in [0.2, 0.25) is 0 Å². The summed E-state index contributed by atoms with van der Waals surface area (Å²) >= 11 is 0. The van der Waals surface area contributed by atoms with Crippen molar-refractivity contribution < 1.29 is 19.4 Å². The Hall–Kier alpha value is -2.66. The van der Waals surface area contributed by atoms with E-state index in [9.17, 15) is 14.7 Å². The third-order valence-corrected chi connectivity index (χ3v) is 5.64. The number of hydrogen-bond donors (Lipinski definition) is 1. The van der Waals surface area contributed by atoms with Gasteiger partial charge in [0.1, 0.15) is 5.72 Å². The zero-order valence-corrected chi connectivity index (χ0v) is 15.1. The summed E-state index contributed by atoms with van der Waals surface area (Å²) < 4.78 is 5.93. The minimum absolute atomic E-state index is 0.0587. The van der Waals surface area contributed by atoms with Crippen LogP contribution in [0, 0.1) is 0 Å². The number of carbonyl (C=O) groups excluding carboxylic acids is 1. The van der Waals surface area contributed by atoms with E-state index in [-0.39, 0.29) is 12.5 Å². The molecule has 1 aliphatic heterocycles. The number of aliphatic carboxylic acids is 1. The molecule has 1 aliphatic carbocycles. The molecule has 2 aromatic rings. The Kier molecular flexibility index (Phi) is 4.70. The topological polar surface area (TPSA) is 66.8 Å². The lowest BCUT2D eigenvalue weighted by Gasteiger charge is -2.41. The quantitative estimate of drug-likeness (QED) is 0.895. The summed E-state index contributed by atoms with van der Waals surface area (Å²) in [7, 11) is 0. The van der Waals surface area contributed by atoms with Gasteiger partial charge in [-0.05, 0) is 48.9 Å². The first-order valence-corrected chi connectivity index (χ1v) is 9.47. The van der Waals surface area contributed by atoms with Crippen molar-refractivity contribution in [3.63, 3.8) is 0 Å². The van der Waals surface area contributed by atoms with Crippen molar-refractivity contribution >= 4 is 11.9 Å². The lowest BCUT2D eigenvalue weighted by atomic mass is 9.89. The van der Waals surface area contributed by atoms with Gasteiger partial charge in [-0.3, -0.25) is 9.69 Å². The Balaban J connectivity index is 1.64. The molecule has 1 atom stereocenters. The average Bonchev–Trinajstić information content (AvgIpc) is 3.07. The molecule has 0 unspecified atom stereocenters. The van der Waals surface area contributed by atoms with Crippen LogP contribution in [-0.2, 0) is 9.53 Å². The normalized spacial score (nSPS) is 21.3. The molecule has 2 aliphatic rings. The second-order valence-corrected chi connectivity index (χ2v) is 7.29. The zero-order valence-electron chi connectivity index (χ0n) is 15.1. The van der Waals surface area contributed by atoms with Gasteiger partial charge in [0.2, 0.25) is 0 Å². The predicted molar refractivity (Wildman–Crippen MR) is 101 cm³/mol. The monoisotopic (exact) mass is 365 g/mol. The lowest BCUT2D eigenvalue weighted by molar-refractivity contribution is -0.143. The highest BCUT2D eigenvalue weighted by atomic mass is 16.5. The molecule has 5 heteroatoms. The third-order valence-electron chi connectivity index (χ3n) is 5.64. The van der Waals surface area contributed by atoms with E-state index >= 15 is 0 Å².